The van der Waals surface area contributed by atoms with Gasteiger partial charge in [0.05, 0.1) is 5.56 Å². The summed E-state index contributed by atoms with van der Waals surface area (Å²) >= 11 is 0. The summed E-state index contributed by atoms with van der Waals surface area (Å²) in [5, 5.41) is 2.66. The molecule has 7 nitrogen and oxygen atoms in total. The van der Waals surface area contributed by atoms with Crippen molar-refractivity contribution < 1.29 is 9.59 Å². The summed E-state index contributed by atoms with van der Waals surface area (Å²) in [6.07, 6.45) is 1.35. The van der Waals surface area contributed by atoms with Crippen LogP contribution in [-0.4, -0.2) is 31.6 Å². The second-order valence-corrected chi connectivity index (χ2v) is 4.33. The molecule has 2 N–H and O–H groups in total. The Morgan fingerprint density at radius 2 is 1.75 bits per heavy atom. The van der Waals surface area contributed by atoms with Crippen LogP contribution in [0.15, 0.2) is 30.6 Å². The maximum Gasteiger partial charge on any atom is 0.257 e. The maximum atomic E-state index is 12.4. The quantitative estimate of drug-likeness (QED) is 0.634. The Morgan fingerprint density at radius 3 is 2.60 bits per heavy atom. The summed E-state index contributed by atoms with van der Waals surface area (Å²) in [5.74, 6) is 0.0433. The van der Waals surface area contributed by atoms with Gasteiger partial charge in [0.2, 0.25) is 5.78 Å². The Balaban J connectivity index is 2.05. The van der Waals surface area contributed by atoms with Gasteiger partial charge in [-0.15, -0.1) is 0 Å². The van der Waals surface area contributed by atoms with E-state index in [0.29, 0.717) is 22.6 Å². The zero-order valence-electron chi connectivity index (χ0n) is 10.0. The third-order valence-electron chi connectivity index (χ3n) is 3.15. The van der Waals surface area contributed by atoms with Gasteiger partial charge in [-0.1, -0.05) is 18.2 Å². The van der Waals surface area contributed by atoms with Gasteiger partial charge >= 0.3 is 0 Å². The molecule has 7 heteroatoms. The molecule has 0 saturated carbocycles. The molecule has 0 aromatic heterocycles. The Bertz CT molecular complexity index is 838. The minimum absolute atomic E-state index is 0.125. The normalized spacial score (nSPS) is 13.6. The van der Waals surface area contributed by atoms with Crippen molar-refractivity contribution in [3.8, 4) is 11.5 Å². The van der Waals surface area contributed by atoms with Crippen molar-refractivity contribution in [2.24, 2.45) is 0 Å². The number of ketones is 1. The van der Waals surface area contributed by atoms with Gasteiger partial charge in [0.25, 0.3) is 5.91 Å². The lowest BCUT2D eigenvalue weighted by Gasteiger charge is -2.15. The molecule has 0 spiro atoms. The first-order valence-electron chi connectivity index (χ1n) is 5.90. The third-order valence-corrected chi connectivity index (χ3v) is 3.15. The second kappa shape index (κ2) is 3.70. The summed E-state index contributed by atoms with van der Waals surface area (Å²) < 4.78 is 0. The highest BCUT2D eigenvalue weighted by Crippen LogP contribution is 2.27. The summed E-state index contributed by atoms with van der Waals surface area (Å²) in [7, 11) is 0. The number of hydrogen-bond donors (Lipinski definition) is 2. The number of aromatic nitrogens is 4. The molecule has 4 rings (SSSR count). The molecule has 1 aromatic rings. The minimum atomic E-state index is -0.386. The van der Waals surface area contributed by atoms with Crippen molar-refractivity contribution in [1.82, 2.24) is 19.9 Å². The first kappa shape index (κ1) is 10.8. The maximum absolute atomic E-state index is 12.4. The van der Waals surface area contributed by atoms with Gasteiger partial charge in [-0.2, -0.15) is 0 Å². The zero-order chi connectivity index (χ0) is 13.7. The van der Waals surface area contributed by atoms with Crippen LogP contribution in [-0.2, 0) is 0 Å². The number of hydrogen-bond acceptors (Lipinski definition) is 5. The molecule has 0 aliphatic carbocycles. The van der Waals surface area contributed by atoms with E-state index in [9.17, 15) is 9.59 Å². The Kier molecular flexibility index (Phi) is 2.00. The lowest BCUT2D eigenvalue weighted by Crippen LogP contribution is -2.23. The number of carbonyl (C=O) groups is 2. The lowest BCUT2D eigenvalue weighted by atomic mass is 10.0. The third kappa shape index (κ3) is 1.37. The number of fused-ring (bicyclic) bond motifs is 5. The smallest absolute Gasteiger partial charge is 0.257 e. The van der Waals surface area contributed by atoms with Crippen molar-refractivity contribution in [2.45, 2.75) is 0 Å². The van der Waals surface area contributed by atoms with Crippen LogP contribution >= 0.6 is 0 Å². The molecule has 2 bridgehead atoms. The highest BCUT2D eigenvalue weighted by atomic mass is 16.2. The number of nitrogens with one attached hydrogen (secondary N) is 2. The number of rotatable bonds is 0. The van der Waals surface area contributed by atoms with Crippen LogP contribution in [0.3, 0.4) is 0 Å². The lowest BCUT2D eigenvalue weighted by molar-refractivity contribution is 0.0988. The fraction of sp³-hybridized carbons (Fsp3) is 0. The number of imidazole rings is 1. The second-order valence-electron chi connectivity index (χ2n) is 4.33. The van der Waals surface area contributed by atoms with Gasteiger partial charge in [0.1, 0.15) is 6.33 Å². The first-order chi connectivity index (χ1) is 9.74. The predicted molar refractivity (Wildman–Crippen MR) is 68.6 cm³/mol. The molecule has 3 heterocycles. The van der Waals surface area contributed by atoms with E-state index >= 15 is 0 Å². The van der Waals surface area contributed by atoms with Gasteiger partial charge in [0.15, 0.2) is 23.2 Å². The van der Waals surface area contributed by atoms with Crippen LogP contribution < -0.4 is 5.32 Å². The average molecular weight is 265 g/mol. The van der Waals surface area contributed by atoms with E-state index in [1.165, 1.54) is 6.33 Å². The topological polar surface area (TPSA) is 101 Å². The molecule has 0 atom stereocenters. The van der Waals surface area contributed by atoms with Crippen LogP contribution in [0.25, 0.3) is 11.5 Å². The number of nitrogens with zero attached hydrogens (tertiary/aromatic N) is 3. The molecule has 96 valence electrons. The van der Waals surface area contributed by atoms with E-state index in [-0.39, 0.29) is 23.3 Å². The molecular formula is C13H7N5O2. The first-order valence-corrected chi connectivity index (χ1v) is 5.90. The van der Waals surface area contributed by atoms with Gasteiger partial charge in [-0.3, -0.25) is 9.59 Å². The molecule has 3 aliphatic heterocycles. The van der Waals surface area contributed by atoms with Gasteiger partial charge in [-0.25, -0.2) is 15.0 Å². The fourth-order valence-electron chi connectivity index (χ4n) is 2.21. The number of carbonyl (C=O) groups excluding carboxylic acids is 2. The van der Waals surface area contributed by atoms with E-state index < -0.39 is 0 Å². The molecule has 1 amide bonds. The van der Waals surface area contributed by atoms with Gasteiger partial charge in [-0.05, 0) is 6.07 Å². The molecule has 0 saturated heterocycles. The molecule has 0 radical (unpaired) electrons. The molecule has 20 heavy (non-hydrogen) atoms. The van der Waals surface area contributed by atoms with Crippen LogP contribution in [0.2, 0.25) is 0 Å². The number of amides is 1. The number of aromatic amines is 1. The molecule has 0 fully saturated rings. The van der Waals surface area contributed by atoms with Gasteiger partial charge in [0, 0.05) is 5.56 Å². The van der Waals surface area contributed by atoms with E-state index in [1.54, 1.807) is 24.3 Å². The summed E-state index contributed by atoms with van der Waals surface area (Å²) in [6.45, 7) is 0. The molecule has 0 unspecified atom stereocenters. The summed E-state index contributed by atoms with van der Waals surface area (Å²) in [4.78, 5) is 39.6. The van der Waals surface area contributed by atoms with Crippen molar-refractivity contribution >= 4 is 17.5 Å². The highest BCUT2D eigenvalue weighted by molar-refractivity contribution is 6.18. The van der Waals surface area contributed by atoms with Crippen LogP contribution in [0.4, 0.5) is 5.82 Å². The SMILES string of the molecule is O=C1Nc2nc([nH]c3ncnc2-3)C(=O)c2ccccc21. The van der Waals surface area contributed by atoms with Crippen LogP contribution in [0.1, 0.15) is 26.5 Å². The monoisotopic (exact) mass is 265 g/mol. The summed E-state index contributed by atoms with van der Waals surface area (Å²) in [5.41, 5.74) is 1.04. The molecule has 1 aromatic carbocycles. The summed E-state index contributed by atoms with van der Waals surface area (Å²) in [6, 6.07) is 6.60. The minimum Gasteiger partial charge on any atom is -0.320 e. The van der Waals surface area contributed by atoms with Crippen LogP contribution in [0.5, 0.6) is 0 Å². The van der Waals surface area contributed by atoms with E-state index in [1.807, 2.05) is 0 Å². The highest BCUT2D eigenvalue weighted by Gasteiger charge is 2.27. The van der Waals surface area contributed by atoms with Crippen molar-refractivity contribution in [3.05, 3.63) is 47.5 Å². The van der Waals surface area contributed by atoms with Crippen LogP contribution in [0, 0.1) is 0 Å². The Hall–Kier alpha value is -3.09. The van der Waals surface area contributed by atoms with Crippen molar-refractivity contribution in [2.75, 3.05) is 5.32 Å². The van der Waals surface area contributed by atoms with E-state index in [2.05, 4.69) is 25.3 Å². The molecular weight excluding hydrogens is 258 g/mol. The average Bonchev–Trinajstić information content (AvgIpc) is 2.94. The van der Waals surface area contributed by atoms with Crippen molar-refractivity contribution in [3.63, 3.8) is 0 Å². The van der Waals surface area contributed by atoms with Gasteiger partial charge < -0.3 is 10.3 Å². The predicted octanol–water partition coefficient (Wildman–Crippen LogP) is 1.10. The number of benzene rings is 1. The largest absolute Gasteiger partial charge is 0.320 e. The van der Waals surface area contributed by atoms with Crippen molar-refractivity contribution in [1.29, 1.82) is 0 Å². The zero-order valence-corrected chi connectivity index (χ0v) is 10.0. The fourth-order valence-corrected chi connectivity index (χ4v) is 2.21. The van der Waals surface area contributed by atoms with E-state index in [4.69, 9.17) is 0 Å². The number of H-pyrrole nitrogens is 1. The Labute approximate surface area is 112 Å². The Morgan fingerprint density at radius 1 is 0.950 bits per heavy atom. The standard InChI is InChI=1S/C13H7N5O2/c19-9-6-3-1-2-4-7(6)13(20)18-11-8-10(15-5-14-8)16-12(9)17-11/h1-5H,(H2,14,15,16,17,18,20). The molecule has 3 aliphatic rings. The van der Waals surface area contributed by atoms with E-state index in [0.717, 1.165) is 0 Å². The number of anilines is 1.